The molecular formula is C8H16N4O2S. The highest BCUT2D eigenvalue weighted by Gasteiger charge is 2.18. The first-order valence-electron chi connectivity index (χ1n) is 4.85. The predicted octanol–water partition coefficient (Wildman–Crippen LogP) is 0.305. The third kappa shape index (κ3) is 3.61. The van der Waals surface area contributed by atoms with Gasteiger partial charge in [0.15, 0.2) is 0 Å². The van der Waals surface area contributed by atoms with Gasteiger partial charge in [0.1, 0.15) is 5.82 Å². The summed E-state index contributed by atoms with van der Waals surface area (Å²) in [6, 6.07) is -0.316. The van der Waals surface area contributed by atoms with E-state index in [2.05, 4.69) is 19.4 Å². The van der Waals surface area contributed by atoms with E-state index in [1.54, 1.807) is 19.3 Å². The second-order valence-corrected chi connectivity index (χ2v) is 4.59. The van der Waals surface area contributed by atoms with Crippen molar-refractivity contribution in [3.05, 3.63) is 18.2 Å². The van der Waals surface area contributed by atoms with E-state index in [0.29, 0.717) is 18.8 Å². The van der Waals surface area contributed by atoms with Gasteiger partial charge < -0.3 is 4.98 Å². The van der Waals surface area contributed by atoms with Gasteiger partial charge >= 0.3 is 0 Å². The Morgan fingerprint density at radius 2 is 2.27 bits per heavy atom. The first-order valence-corrected chi connectivity index (χ1v) is 6.33. The van der Waals surface area contributed by atoms with Crippen LogP contribution in [0.2, 0.25) is 0 Å². The molecule has 0 bridgehead atoms. The Bertz CT molecular complexity index is 373. The zero-order valence-corrected chi connectivity index (χ0v) is 9.63. The lowest BCUT2D eigenvalue weighted by Crippen LogP contribution is -2.38. The largest absolute Gasteiger partial charge is 0.347 e. The van der Waals surface area contributed by atoms with Gasteiger partial charge in [0.25, 0.3) is 10.2 Å². The molecule has 0 fully saturated rings. The second kappa shape index (κ2) is 5.24. The van der Waals surface area contributed by atoms with E-state index in [1.807, 2.05) is 6.92 Å². The van der Waals surface area contributed by atoms with Crippen LogP contribution in [0.3, 0.4) is 0 Å². The van der Waals surface area contributed by atoms with E-state index < -0.39 is 10.2 Å². The molecule has 15 heavy (non-hydrogen) atoms. The van der Waals surface area contributed by atoms with Crippen LogP contribution in [0, 0.1) is 0 Å². The molecule has 0 saturated carbocycles. The van der Waals surface area contributed by atoms with Gasteiger partial charge in [0, 0.05) is 18.9 Å². The Labute approximate surface area is 89.7 Å². The number of hydrogen-bond acceptors (Lipinski definition) is 3. The smallest absolute Gasteiger partial charge is 0.277 e. The Kier molecular flexibility index (Phi) is 4.25. The molecule has 1 unspecified atom stereocenters. The number of nitrogens with zero attached hydrogens (tertiary/aromatic N) is 1. The summed E-state index contributed by atoms with van der Waals surface area (Å²) in [5, 5.41) is 0. The van der Waals surface area contributed by atoms with Gasteiger partial charge in [-0.25, -0.2) is 9.71 Å². The Morgan fingerprint density at radius 3 is 2.73 bits per heavy atom. The molecule has 1 aromatic rings. The van der Waals surface area contributed by atoms with Gasteiger partial charge in [-0.05, 0) is 6.42 Å². The molecule has 0 aliphatic rings. The van der Waals surface area contributed by atoms with Crippen molar-refractivity contribution >= 4 is 10.2 Å². The topological polar surface area (TPSA) is 86.9 Å². The average molecular weight is 232 g/mol. The fourth-order valence-electron chi connectivity index (χ4n) is 1.22. The summed E-state index contributed by atoms with van der Waals surface area (Å²) < 4.78 is 27.7. The van der Waals surface area contributed by atoms with Gasteiger partial charge in [0.2, 0.25) is 0 Å². The number of hydrogen-bond donors (Lipinski definition) is 3. The molecule has 0 radical (unpaired) electrons. The molecular weight excluding hydrogens is 216 g/mol. The minimum absolute atomic E-state index is 0.316. The quantitative estimate of drug-likeness (QED) is 0.659. The van der Waals surface area contributed by atoms with Gasteiger partial charge in [0.05, 0.1) is 6.04 Å². The van der Waals surface area contributed by atoms with Crippen molar-refractivity contribution in [1.82, 2.24) is 19.4 Å². The van der Waals surface area contributed by atoms with E-state index in [0.717, 1.165) is 0 Å². The molecule has 86 valence electrons. The molecule has 0 amide bonds. The van der Waals surface area contributed by atoms with Crippen LogP contribution in [0.1, 0.15) is 32.1 Å². The third-order valence-electron chi connectivity index (χ3n) is 1.89. The monoisotopic (exact) mass is 232 g/mol. The molecule has 6 nitrogen and oxygen atoms in total. The van der Waals surface area contributed by atoms with Crippen LogP contribution in [0.4, 0.5) is 0 Å². The van der Waals surface area contributed by atoms with E-state index in [9.17, 15) is 8.42 Å². The zero-order valence-electron chi connectivity index (χ0n) is 8.82. The lowest BCUT2D eigenvalue weighted by atomic mass is 10.2. The fourth-order valence-corrected chi connectivity index (χ4v) is 2.34. The minimum atomic E-state index is -3.43. The van der Waals surface area contributed by atoms with Gasteiger partial charge in [-0.15, -0.1) is 0 Å². The number of aromatic nitrogens is 2. The highest BCUT2D eigenvalue weighted by molar-refractivity contribution is 7.87. The van der Waals surface area contributed by atoms with Crippen LogP contribution in [-0.2, 0) is 10.2 Å². The van der Waals surface area contributed by atoms with Crippen molar-refractivity contribution in [1.29, 1.82) is 0 Å². The number of H-pyrrole nitrogens is 1. The van der Waals surface area contributed by atoms with Crippen molar-refractivity contribution in [2.24, 2.45) is 0 Å². The van der Waals surface area contributed by atoms with Gasteiger partial charge in [-0.3, -0.25) is 0 Å². The van der Waals surface area contributed by atoms with Crippen LogP contribution >= 0.6 is 0 Å². The third-order valence-corrected chi connectivity index (χ3v) is 3.15. The molecule has 7 heteroatoms. The minimum Gasteiger partial charge on any atom is -0.347 e. The average Bonchev–Trinajstić information content (AvgIpc) is 2.67. The van der Waals surface area contributed by atoms with E-state index in [4.69, 9.17) is 0 Å². The molecule has 0 spiro atoms. The summed E-state index contributed by atoms with van der Waals surface area (Å²) in [6.07, 6.45) is 3.90. The first-order chi connectivity index (χ1) is 7.09. The van der Waals surface area contributed by atoms with Gasteiger partial charge in [-0.2, -0.15) is 13.1 Å². The van der Waals surface area contributed by atoms with Crippen molar-refractivity contribution in [3.63, 3.8) is 0 Å². The summed E-state index contributed by atoms with van der Waals surface area (Å²) in [7, 11) is -3.43. The summed E-state index contributed by atoms with van der Waals surface area (Å²) in [5.41, 5.74) is 0. The number of aromatic amines is 1. The molecule has 1 aromatic heterocycles. The summed E-state index contributed by atoms with van der Waals surface area (Å²) in [4.78, 5) is 6.91. The number of imidazole rings is 1. The molecule has 0 aromatic carbocycles. The Morgan fingerprint density at radius 1 is 1.53 bits per heavy atom. The molecule has 0 aliphatic carbocycles. The SMILES string of the molecule is CCNS(=O)(=O)NC(CC)c1ncc[nH]1. The standard InChI is InChI=1S/C8H16N4O2S/c1-3-7(8-9-5-6-10-8)12-15(13,14)11-4-2/h5-7,11-12H,3-4H2,1-2H3,(H,9,10). The van der Waals surface area contributed by atoms with Crippen molar-refractivity contribution < 1.29 is 8.42 Å². The highest BCUT2D eigenvalue weighted by atomic mass is 32.2. The molecule has 0 saturated heterocycles. The molecule has 1 heterocycles. The highest BCUT2D eigenvalue weighted by Crippen LogP contribution is 2.11. The lowest BCUT2D eigenvalue weighted by Gasteiger charge is -2.14. The maximum absolute atomic E-state index is 11.4. The van der Waals surface area contributed by atoms with Crippen LogP contribution in [0.25, 0.3) is 0 Å². The normalized spacial score (nSPS) is 14.0. The Hall–Kier alpha value is -0.920. The predicted molar refractivity (Wildman–Crippen MR) is 57.4 cm³/mol. The van der Waals surface area contributed by atoms with Gasteiger partial charge in [-0.1, -0.05) is 13.8 Å². The molecule has 3 N–H and O–H groups in total. The molecule has 1 rings (SSSR count). The van der Waals surface area contributed by atoms with Crippen molar-refractivity contribution in [3.8, 4) is 0 Å². The molecule has 1 atom stereocenters. The molecule has 0 aliphatic heterocycles. The van der Waals surface area contributed by atoms with E-state index in [1.165, 1.54) is 0 Å². The van der Waals surface area contributed by atoms with Crippen molar-refractivity contribution in [2.45, 2.75) is 26.3 Å². The van der Waals surface area contributed by atoms with Crippen LogP contribution in [0.5, 0.6) is 0 Å². The summed E-state index contributed by atoms with van der Waals surface area (Å²) in [6.45, 7) is 3.98. The lowest BCUT2D eigenvalue weighted by molar-refractivity contribution is 0.529. The van der Waals surface area contributed by atoms with Crippen LogP contribution < -0.4 is 9.44 Å². The summed E-state index contributed by atoms with van der Waals surface area (Å²) >= 11 is 0. The first kappa shape index (κ1) is 12.2. The second-order valence-electron chi connectivity index (χ2n) is 3.05. The maximum Gasteiger partial charge on any atom is 0.277 e. The number of rotatable bonds is 6. The van der Waals surface area contributed by atoms with Crippen LogP contribution in [-0.4, -0.2) is 24.9 Å². The Balaban J connectivity index is 2.70. The van der Waals surface area contributed by atoms with E-state index in [-0.39, 0.29) is 6.04 Å². The van der Waals surface area contributed by atoms with Crippen LogP contribution in [0.15, 0.2) is 12.4 Å². The van der Waals surface area contributed by atoms with Crippen molar-refractivity contribution in [2.75, 3.05) is 6.54 Å². The fraction of sp³-hybridized carbons (Fsp3) is 0.625. The summed E-state index contributed by atoms with van der Waals surface area (Å²) in [5.74, 6) is 0.624. The number of nitrogens with one attached hydrogen (secondary N) is 3. The zero-order chi connectivity index (χ0) is 11.3. The maximum atomic E-state index is 11.4. The van der Waals surface area contributed by atoms with E-state index >= 15 is 0 Å².